The van der Waals surface area contributed by atoms with Crippen LogP contribution in [0.4, 0.5) is 0 Å². The van der Waals surface area contributed by atoms with Crippen molar-refractivity contribution in [3.05, 3.63) is 41.7 Å². The molecule has 0 bridgehead atoms. The fraction of sp³-hybridized carbons (Fsp3) is 0.368. The fourth-order valence-electron chi connectivity index (χ4n) is 3.34. The summed E-state index contributed by atoms with van der Waals surface area (Å²) in [6, 6.07) is 8.11. The molecule has 1 aromatic carbocycles. The molecular weight excluding hydrogens is 332 g/mol. The van der Waals surface area contributed by atoms with Crippen molar-refractivity contribution >= 4 is 28.0 Å². The third-order valence-electron chi connectivity index (χ3n) is 4.88. The molecule has 0 unspecified atom stereocenters. The maximum atomic E-state index is 12.6. The summed E-state index contributed by atoms with van der Waals surface area (Å²) in [5.74, 6) is 0.456. The standard InChI is InChI=1S/C19H20N4OS/c1-23-6-4-13(5-7-23)18(24)10-16-9-15-8-14(19-11-20-12-25-19)2-3-17(15)22-21-16/h2-3,8-9,11-13H,4-7,10H2,1H3. The van der Waals surface area contributed by atoms with Gasteiger partial charge in [-0.3, -0.25) is 9.78 Å². The SMILES string of the molecule is CN1CCC(C(=O)Cc2cc3cc(-c4cncs4)ccc3nn2)CC1. The Kier molecular flexibility index (Phi) is 4.55. The molecule has 25 heavy (non-hydrogen) atoms. The van der Waals surface area contributed by atoms with E-state index in [9.17, 15) is 4.79 Å². The summed E-state index contributed by atoms with van der Waals surface area (Å²) in [5, 5.41) is 9.57. The summed E-state index contributed by atoms with van der Waals surface area (Å²) < 4.78 is 0. The summed E-state index contributed by atoms with van der Waals surface area (Å²) in [5.41, 5.74) is 4.56. The molecule has 6 heteroatoms. The van der Waals surface area contributed by atoms with Crippen LogP contribution in [0, 0.1) is 5.92 Å². The Morgan fingerprint density at radius 3 is 2.84 bits per heavy atom. The molecule has 0 aliphatic carbocycles. The number of carbonyl (C=O) groups is 1. The Labute approximate surface area is 150 Å². The van der Waals surface area contributed by atoms with Crippen molar-refractivity contribution in [3.8, 4) is 10.4 Å². The first-order valence-corrected chi connectivity index (χ1v) is 9.43. The molecule has 0 atom stereocenters. The van der Waals surface area contributed by atoms with Gasteiger partial charge in [-0.1, -0.05) is 6.07 Å². The number of hydrogen-bond donors (Lipinski definition) is 0. The molecule has 1 saturated heterocycles. The number of nitrogens with zero attached hydrogens (tertiary/aromatic N) is 4. The van der Waals surface area contributed by atoms with E-state index in [4.69, 9.17) is 0 Å². The quantitative estimate of drug-likeness (QED) is 0.722. The molecule has 2 aromatic heterocycles. The topological polar surface area (TPSA) is 59.0 Å². The van der Waals surface area contributed by atoms with Crippen LogP contribution in [0.2, 0.25) is 0 Å². The van der Waals surface area contributed by atoms with Gasteiger partial charge in [0.25, 0.3) is 0 Å². The van der Waals surface area contributed by atoms with Gasteiger partial charge in [0.05, 0.1) is 28.0 Å². The van der Waals surface area contributed by atoms with E-state index in [1.54, 1.807) is 11.3 Å². The van der Waals surface area contributed by atoms with Crippen LogP contribution in [0.3, 0.4) is 0 Å². The van der Waals surface area contributed by atoms with E-state index in [2.05, 4.69) is 33.2 Å². The summed E-state index contributed by atoms with van der Waals surface area (Å²) in [4.78, 5) is 20.1. The van der Waals surface area contributed by atoms with Crippen LogP contribution < -0.4 is 0 Å². The van der Waals surface area contributed by atoms with Crippen LogP contribution in [0.1, 0.15) is 18.5 Å². The lowest BCUT2D eigenvalue weighted by Gasteiger charge is -2.27. The molecular formula is C19H20N4OS. The largest absolute Gasteiger partial charge is 0.306 e. The minimum absolute atomic E-state index is 0.164. The number of ketones is 1. The minimum Gasteiger partial charge on any atom is -0.306 e. The van der Waals surface area contributed by atoms with Gasteiger partial charge in [0, 0.05) is 17.5 Å². The predicted molar refractivity (Wildman–Crippen MR) is 99.6 cm³/mol. The van der Waals surface area contributed by atoms with Crippen molar-refractivity contribution in [2.45, 2.75) is 19.3 Å². The normalized spacial score (nSPS) is 16.4. The second-order valence-corrected chi connectivity index (χ2v) is 7.58. The maximum Gasteiger partial charge on any atom is 0.142 e. The Morgan fingerprint density at radius 2 is 2.08 bits per heavy atom. The molecule has 0 spiro atoms. The number of fused-ring (bicyclic) bond motifs is 1. The lowest BCUT2D eigenvalue weighted by Crippen LogP contribution is -2.34. The Balaban J connectivity index is 1.54. The van der Waals surface area contributed by atoms with E-state index in [0.29, 0.717) is 12.2 Å². The highest BCUT2D eigenvalue weighted by molar-refractivity contribution is 7.13. The molecule has 3 aromatic rings. The fourth-order valence-corrected chi connectivity index (χ4v) is 3.96. The Morgan fingerprint density at radius 1 is 1.24 bits per heavy atom. The number of piperidine rings is 1. The maximum absolute atomic E-state index is 12.6. The van der Waals surface area contributed by atoms with Gasteiger partial charge in [0.1, 0.15) is 5.78 Å². The van der Waals surface area contributed by atoms with Gasteiger partial charge < -0.3 is 4.90 Å². The monoisotopic (exact) mass is 352 g/mol. The summed E-state index contributed by atoms with van der Waals surface area (Å²) in [6.45, 7) is 2.00. The molecule has 5 nitrogen and oxygen atoms in total. The first-order valence-electron chi connectivity index (χ1n) is 8.55. The van der Waals surface area contributed by atoms with Crippen LogP contribution in [0.5, 0.6) is 0 Å². The van der Waals surface area contributed by atoms with E-state index >= 15 is 0 Å². The van der Waals surface area contributed by atoms with Gasteiger partial charge in [-0.05, 0) is 56.7 Å². The lowest BCUT2D eigenvalue weighted by molar-refractivity contribution is -0.123. The van der Waals surface area contributed by atoms with E-state index in [-0.39, 0.29) is 5.92 Å². The van der Waals surface area contributed by atoms with Crippen LogP contribution in [0.25, 0.3) is 21.3 Å². The number of hydrogen-bond acceptors (Lipinski definition) is 6. The van der Waals surface area contributed by atoms with Gasteiger partial charge in [-0.2, -0.15) is 10.2 Å². The average molecular weight is 352 g/mol. The highest BCUT2D eigenvalue weighted by Crippen LogP contribution is 2.26. The van der Waals surface area contributed by atoms with Crippen molar-refractivity contribution in [2.75, 3.05) is 20.1 Å². The van der Waals surface area contributed by atoms with E-state index in [1.165, 1.54) is 0 Å². The predicted octanol–water partition coefficient (Wildman–Crippen LogP) is 3.21. The second kappa shape index (κ2) is 6.98. The zero-order valence-electron chi connectivity index (χ0n) is 14.2. The van der Waals surface area contributed by atoms with Gasteiger partial charge in [0.15, 0.2) is 0 Å². The number of likely N-dealkylation sites (tertiary alicyclic amines) is 1. The Bertz CT molecular complexity index is 886. The van der Waals surface area contributed by atoms with Gasteiger partial charge in [-0.15, -0.1) is 11.3 Å². The summed E-state index contributed by atoms with van der Waals surface area (Å²) in [6.07, 6.45) is 4.14. The van der Waals surface area contributed by atoms with E-state index in [1.807, 2.05) is 29.9 Å². The van der Waals surface area contributed by atoms with Gasteiger partial charge >= 0.3 is 0 Å². The summed E-state index contributed by atoms with van der Waals surface area (Å²) in [7, 11) is 2.11. The number of aromatic nitrogens is 3. The highest BCUT2D eigenvalue weighted by atomic mass is 32.1. The third kappa shape index (κ3) is 3.60. The third-order valence-corrected chi connectivity index (χ3v) is 5.70. The van der Waals surface area contributed by atoms with Crippen molar-refractivity contribution in [3.63, 3.8) is 0 Å². The van der Waals surface area contributed by atoms with Crippen LogP contribution in [-0.2, 0) is 11.2 Å². The zero-order chi connectivity index (χ0) is 17.2. The van der Waals surface area contributed by atoms with Crippen molar-refractivity contribution in [1.82, 2.24) is 20.1 Å². The van der Waals surface area contributed by atoms with Crippen LogP contribution >= 0.6 is 11.3 Å². The molecule has 0 saturated carbocycles. The van der Waals surface area contributed by atoms with Crippen LogP contribution in [-0.4, -0.2) is 46.0 Å². The van der Waals surface area contributed by atoms with Gasteiger partial charge in [-0.25, -0.2) is 0 Å². The zero-order valence-corrected chi connectivity index (χ0v) is 15.0. The van der Waals surface area contributed by atoms with Crippen LogP contribution in [0.15, 0.2) is 36.0 Å². The van der Waals surface area contributed by atoms with Crippen molar-refractivity contribution < 1.29 is 4.79 Å². The minimum atomic E-state index is 0.164. The smallest absolute Gasteiger partial charge is 0.142 e. The molecule has 0 N–H and O–H groups in total. The van der Waals surface area contributed by atoms with Crippen molar-refractivity contribution in [2.24, 2.45) is 5.92 Å². The first kappa shape index (κ1) is 16.3. The number of carbonyl (C=O) groups excluding carboxylic acids is 1. The molecule has 128 valence electrons. The first-order chi connectivity index (χ1) is 12.2. The number of thiazole rings is 1. The van der Waals surface area contributed by atoms with Gasteiger partial charge in [0.2, 0.25) is 0 Å². The number of benzene rings is 1. The molecule has 0 radical (unpaired) electrons. The second-order valence-electron chi connectivity index (χ2n) is 6.70. The highest BCUT2D eigenvalue weighted by Gasteiger charge is 2.23. The molecule has 1 fully saturated rings. The molecule has 3 heterocycles. The lowest BCUT2D eigenvalue weighted by atomic mass is 9.90. The number of rotatable bonds is 4. The molecule has 0 amide bonds. The molecule has 1 aliphatic heterocycles. The Hall–Kier alpha value is -2.18. The molecule has 4 rings (SSSR count). The van der Waals surface area contributed by atoms with E-state index in [0.717, 1.165) is 53.0 Å². The van der Waals surface area contributed by atoms with E-state index < -0.39 is 0 Å². The summed E-state index contributed by atoms with van der Waals surface area (Å²) >= 11 is 1.61. The molecule has 1 aliphatic rings. The number of Topliss-reactive ketones (excluding diaryl/α,β-unsaturated/α-hetero) is 1. The van der Waals surface area contributed by atoms with Crippen molar-refractivity contribution in [1.29, 1.82) is 0 Å². The average Bonchev–Trinajstić information content (AvgIpc) is 3.16.